The van der Waals surface area contributed by atoms with Gasteiger partial charge in [0.05, 0.1) is 79.3 Å². The maximum absolute atomic E-state index is 12.8. The molecule has 2 aliphatic rings. The van der Waals surface area contributed by atoms with Crippen LogP contribution in [0.25, 0.3) is 0 Å². The maximum atomic E-state index is 12.8. The van der Waals surface area contributed by atoms with Crippen LogP contribution in [-0.4, -0.2) is 154 Å². The van der Waals surface area contributed by atoms with Gasteiger partial charge in [0.25, 0.3) is 0 Å². The summed E-state index contributed by atoms with van der Waals surface area (Å²) in [5, 5.41) is 8.31. The third kappa shape index (κ3) is 19.4. The van der Waals surface area contributed by atoms with Crippen molar-refractivity contribution in [3.8, 4) is 0 Å². The average Bonchev–Trinajstić information content (AvgIpc) is 3.36. The smallest absolute Gasteiger partial charge is 0.235 e. The van der Waals surface area contributed by atoms with E-state index < -0.39 is 5.41 Å². The number of benzene rings is 4. The van der Waals surface area contributed by atoms with Gasteiger partial charge in [-0.05, 0) is 134 Å². The Morgan fingerprint density at radius 1 is 0.534 bits per heavy atom. The number of rotatable bonds is 32. The third-order valence-corrected chi connectivity index (χ3v) is 15.1. The zero-order valence-corrected chi connectivity index (χ0v) is 46.9. The molecule has 2 aliphatic heterocycles. The second-order valence-corrected chi connectivity index (χ2v) is 22.0. The van der Waals surface area contributed by atoms with Crippen LogP contribution in [0, 0.1) is 5.41 Å². The van der Waals surface area contributed by atoms with Crippen LogP contribution in [0.4, 0.5) is 0 Å². The van der Waals surface area contributed by atoms with E-state index in [1.807, 2.05) is 24.3 Å². The lowest BCUT2D eigenvalue weighted by atomic mass is 9.85. The Hall–Kier alpha value is -2.72. The number of ether oxygens (including phenoxy) is 6. The van der Waals surface area contributed by atoms with Crippen LogP contribution in [0.5, 0.6) is 0 Å². The number of halogens is 4. The van der Waals surface area contributed by atoms with Crippen molar-refractivity contribution in [3.63, 3.8) is 0 Å². The molecule has 2 unspecified atom stereocenters. The SMILES string of the molecule is CN1Cc2c(Cl)cc(Cl)cc2C(c2cccc(SNCCOCCOCCOCCNC(=O)C(C)(C)C(=O)NCCOCCOCCOCCNSc3cccc(C4CN(C)Cc5c(Cl)cc(Cl)cc54)c3)c2)C1. The second kappa shape index (κ2) is 31.5. The first-order valence-corrected chi connectivity index (χ1v) is 27.8. The zero-order chi connectivity index (χ0) is 52.0. The molecular weight excluding hydrogens is 1050 g/mol. The molecule has 0 radical (unpaired) electrons. The van der Waals surface area contributed by atoms with Gasteiger partial charge in [-0.3, -0.25) is 19.0 Å². The molecule has 2 atom stereocenters. The monoisotopic (exact) mass is 1120 g/mol. The number of carbonyl (C=O) groups is 2. The molecule has 4 N–H and O–H groups in total. The van der Waals surface area contributed by atoms with Crippen molar-refractivity contribution < 1.29 is 38.0 Å². The van der Waals surface area contributed by atoms with Crippen molar-refractivity contribution in [2.24, 2.45) is 5.41 Å². The minimum absolute atomic E-state index is 0.188. The predicted octanol–water partition coefficient (Wildman–Crippen LogP) is 8.71. The molecule has 2 heterocycles. The molecule has 400 valence electrons. The number of nitrogens with one attached hydrogen (secondary N) is 4. The Morgan fingerprint density at radius 3 is 1.27 bits per heavy atom. The Labute approximate surface area is 460 Å². The molecule has 73 heavy (non-hydrogen) atoms. The average molecular weight is 1130 g/mol. The lowest BCUT2D eigenvalue weighted by Crippen LogP contribution is -2.49. The summed E-state index contributed by atoms with van der Waals surface area (Å²) in [6.45, 7) is 13.5. The van der Waals surface area contributed by atoms with E-state index in [1.54, 1.807) is 37.7 Å². The van der Waals surface area contributed by atoms with E-state index >= 15 is 0 Å². The highest BCUT2D eigenvalue weighted by molar-refractivity contribution is 7.97. The summed E-state index contributed by atoms with van der Waals surface area (Å²) in [7, 11) is 4.23. The molecule has 2 amide bonds. The molecule has 4 aromatic rings. The number of hydrogen-bond acceptors (Lipinski definition) is 14. The van der Waals surface area contributed by atoms with Crippen LogP contribution < -0.4 is 20.1 Å². The highest BCUT2D eigenvalue weighted by atomic mass is 35.5. The van der Waals surface area contributed by atoms with Crippen molar-refractivity contribution in [2.75, 3.05) is 133 Å². The first-order valence-electron chi connectivity index (χ1n) is 24.6. The van der Waals surface area contributed by atoms with E-state index in [-0.39, 0.29) is 36.7 Å². The van der Waals surface area contributed by atoms with Gasteiger partial charge in [-0.25, -0.2) is 0 Å². The van der Waals surface area contributed by atoms with E-state index in [9.17, 15) is 9.59 Å². The Bertz CT molecular complexity index is 2220. The van der Waals surface area contributed by atoms with Gasteiger partial charge in [-0.2, -0.15) is 0 Å². The standard InChI is InChI=1S/C53H70Cl4N6O8S2/c1-53(2,51(64)58-11-15-66-19-23-70-25-21-68-17-13-60-72-41-9-5-7-37(27-41)45-33-62(3)35-47-43(45)29-39(54)31-49(47)56)52(65)59-12-16-67-20-24-71-26-22-69-18-14-61-73-42-10-6-8-38(28-42)46-34-63(4)36-48-44(46)30-40(55)32-50(48)57/h5-10,27-32,45-46,60-61H,11-26,33-36H2,1-4H3,(H,58,64)(H,59,65). The lowest BCUT2D eigenvalue weighted by molar-refractivity contribution is -0.141. The van der Waals surface area contributed by atoms with Gasteiger partial charge in [-0.1, -0.05) is 70.7 Å². The number of carbonyl (C=O) groups excluding carboxylic acids is 2. The number of fused-ring (bicyclic) bond motifs is 2. The second-order valence-electron chi connectivity index (χ2n) is 18.4. The number of hydrogen-bond donors (Lipinski definition) is 4. The molecular formula is C53H70Cl4N6O8S2. The fraction of sp³-hybridized carbons (Fsp3) is 0.509. The van der Waals surface area contributed by atoms with Crippen LogP contribution in [0.1, 0.15) is 59.1 Å². The quantitative estimate of drug-likeness (QED) is 0.0210. The summed E-state index contributed by atoms with van der Waals surface area (Å²) in [5.41, 5.74) is 5.86. The van der Waals surface area contributed by atoms with E-state index in [1.165, 1.54) is 22.3 Å². The molecule has 0 bridgehead atoms. The van der Waals surface area contributed by atoms with E-state index in [4.69, 9.17) is 74.8 Å². The van der Waals surface area contributed by atoms with Crippen molar-refractivity contribution in [1.82, 2.24) is 29.9 Å². The number of nitrogens with zero attached hydrogens (tertiary/aromatic N) is 2. The first kappa shape index (κ1) is 59.5. The molecule has 20 heteroatoms. The summed E-state index contributed by atoms with van der Waals surface area (Å²) in [4.78, 5) is 32.4. The van der Waals surface area contributed by atoms with Crippen LogP contribution in [-0.2, 0) is 51.1 Å². The van der Waals surface area contributed by atoms with Gasteiger partial charge < -0.3 is 48.9 Å². The summed E-state index contributed by atoms with van der Waals surface area (Å²) in [6.07, 6.45) is 0. The normalized spacial score (nSPS) is 16.1. The van der Waals surface area contributed by atoms with Crippen molar-refractivity contribution in [1.29, 1.82) is 0 Å². The van der Waals surface area contributed by atoms with Gasteiger partial charge in [0.2, 0.25) is 11.8 Å². The molecule has 0 saturated heterocycles. The highest BCUT2D eigenvalue weighted by Gasteiger charge is 2.35. The van der Waals surface area contributed by atoms with Gasteiger partial charge in [0.1, 0.15) is 5.41 Å². The summed E-state index contributed by atoms with van der Waals surface area (Å²) < 4.78 is 40.6. The molecule has 0 spiro atoms. The molecule has 0 aromatic heterocycles. The van der Waals surface area contributed by atoms with Crippen LogP contribution in [0.15, 0.2) is 82.6 Å². The van der Waals surface area contributed by atoms with Gasteiger partial charge in [-0.15, -0.1) is 0 Å². The molecule has 6 rings (SSSR count). The zero-order valence-electron chi connectivity index (χ0n) is 42.2. The van der Waals surface area contributed by atoms with E-state index in [0.29, 0.717) is 112 Å². The van der Waals surface area contributed by atoms with Crippen molar-refractivity contribution >= 4 is 82.1 Å². The van der Waals surface area contributed by atoms with E-state index in [0.717, 1.165) is 47.1 Å². The third-order valence-electron chi connectivity index (χ3n) is 12.3. The maximum Gasteiger partial charge on any atom is 0.235 e. The molecule has 0 fully saturated rings. The highest BCUT2D eigenvalue weighted by Crippen LogP contribution is 2.40. The summed E-state index contributed by atoms with van der Waals surface area (Å²) in [6, 6.07) is 24.8. The molecule has 14 nitrogen and oxygen atoms in total. The fourth-order valence-corrected chi connectivity index (χ4v) is 11.0. The molecule has 0 aliphatic carbocycles. The largest absolute Gasteiger partial charge is 0.378 e. The van der Waals surface area contributed by atoms with E-state index in [2.05, 4.69) is 92.5 Å². The molecule has 4 aromatic carbocycles. The van der Waals surface area contributed by atoms with Crippen LogP contribution in [0.2, 0.25) is 20.1 Å². The predicted molar refractivity (Wildman–Crippen MR) is 295 cm³/mol. The molecule has 0 saturated carbocycles. The number of amides is 2. The van der Waals surface area contributed by atoms with Gasteiger partial charge in [0.15, 0.2) is 0 Å². The number of likely N-dealkylation sites (N-methyl/N-ethyl adjacent to an activating group) is 2. The van der Waals surface area contributed by atoms with Crippen molar-refractivity contribution in [2.45, 2.75) is 48.6 Å². The Morgan fingerprint density at radius 2 is 0.890 bits per heavy atom. The van der Waals surface area contributed by atoms with Gasteiger partial charge in [0, 0.05) is 94.1 Å². The Kier molecular flexibility index (Phi) is 25.7. The summed E-state index contributed by atoms with van der Waals surface area (Å²) in [5.74, 6) is -0.398. The van der Waals surface area contributed by atoms with Gasteiger partial charge >= 0.3 is 0 Å². The Balaban J connectivity index is 0.693. The van der Waals surface area contributed by atoms with Crippen molar-refractivity contribution in [3.05, 3.63) is 126 Å². The minimum atomic E-state index is -1.26. The minimum Gasteiger partial charge on any atom is -0.378 e. The topological polar surface area (TPSA) is 144 Å². The van der Waals surface area contributed by atoms with Crippen LogP contribution in [0.3, 0.4) is 0 Å². The fourth-order valence-electron chi connectivity index (χ4n) is 8.45. The first-order chi connectivity index (χ1) is 35.3. The van der Waals surface area contributed by atoms with Crippen LogP contribution >= 0.6 is 70.3 Å². The summed E-state index contributed by atoms with van der Waals surface area (Å²) >= 11 is 29.1. The lowest BCUT2D eigenvalue weighted by Gasteiger charge is -2.33.